The number of likely N-dealkylation sites (tertiary alicyclic amines) is 1. The van der Waals surface area contributed by atoms with Crippen LogP contribution >= 0.6 is 0 Å². The maximum Gasteiger partial charge on any atom is 0.254 e. The van der Waals surface area contributed by atoms with Crippen LogP contribution < -0.4 is 10.6 Å². The van der Waals surface area contributed by atoms with Crippen LogP contribution in [0.3, 0.4) is 0 Å². The Kier molecular flexibility index (Phi) is 5.65. The molecule has 1 fully saturated rings. The molecular weight excluding hydrogens is 362 g/mol. The lowest BCUT2D eigenvalue weighted by Crippen LogP contribution is -2.45. The summed E-state index contributed by atoms with van der Waals surface area (Å²) >= 11 is 0. The topological polar surface area (TPSA) is 73.0 Å². The number of amides is 1. The Labute approximate surface area is 171 Å². The number of fused-ring (bicyclic) bond motifs is 1. The van der Waals surface area contributed by atoms with Crippen molar-refractivity contribution in [2.75, 3.05) is 25.5 Å². The molecule has 2 aromatic rings. The summed E-state index contributed by atoms with van der Waals surface area (Å²) in [5, 5.41) is 7.34. The number of aromatic nitrogens is 2. The first kappa shape index (κ1) is 19.2. The lowest BCUT2D eigenvalue weighted by atomic mass is 9.96. The summed E-state index contributed by atoms with van der Waals surface area (Å²) in [6, 6.07) is 2.73. The molecule has 6 heteroatoms. The number of aromatic amines is 1. The number of nitrogens with one attached hydrogen (secondary N) is 3. The second-order valence-corrected chi connectivity index (χ2v) is 7.65. The molecule has 1 saturated heterocycles. The molecule has 0 radical (unpaired) electrons. The second-order valence-electron chi connectivity index (χ2n) is 7.65. The molecule has 1 amide bonds. The lowest BCUT2D eigenvalue weighted by Gasteiger charge is -2.38. The van der Waals surface area contributed by atoms with Crippen molar-refractivity contribution in [2.24, 2.45) is 0 Å². The summed E-state index contributed by atoms with van der Waals surface area (Å²) in [5.74, 6) is -0.123. The molecule has 0 bridgehead atoms. The molecule has 6 nitrogen and oxygen atoms in total. The molecule has 2 aliphatic rings. The molecule has 4 rings (SSSR count). The predicted molar refractivity (Wildman–Crippen MR) is 117 cm³/mol. The van der Waals surface area contributed by atoms with Crippen molar-refractivity contribution in [1.82, 2.24) is 20.2 Å². The molecule has 1 aliphatic heterocycles. The van der Waals surface area contributed by atoms with E-state index in [1.165, 1.54) is 5.57 Å². The number of hydrogen-bond acceptors (Lipinski definition) is 4. The van der Waals surface area contributed by atoms with Crippen LogP contribution in [0.5, 0.6) is 0 Å². The van der Waals surface area contributed by atoms with Gasteiger partial charge in [-0.25, -0.2) is 4.98 Å². The highest BCUT2D eigenvalue weighted by atomic mass is 16.1. The normalized spacial score (nSPS) is 21.8. The van der Waals surface area contributed by atoms with E-state index in [4.69, 9.17) is 0 Å². The first-order chi connectivity index (χ1) is 14.2. The van der Waals surface area contributed by atoms with Gasteiger partial charge in [0.05, 0.1) is 11.3 Å². The number of H-pyrrole nitrogens is 1. The highest BCUT2D eigenvalue weighted by Gasteiger charge is 2.27. The third kappa shape index (κ3) is 4.19. The minimum atomic E-state index is -0.123. The molecule has 3 heterocycles. The summed E-state index contributed by atoms with van der Waals surface area (Å²) in [7, 11) is 1.65. The maximum absolute atomic E-state index is 12.4. The minimum absolute atomic E-state index is 0.123. The van der Waals surface area contributed by atoms with Crippen LogP contribution in [0.15, 0.2) is 60.1 Å². The molecule has 2 aromatic heterocycles. The SMILES string of the molecule is CNC(=O)c1cnc2[nH]ccc2c1NC1CCN(CC2=CC=C=CC=C2)C(C)C1. The van der Waals surface area contributed by atoms with E-state index in [9.17, 15) is 4.79 Å². The highest BCUT2D eigenvalue weighted by molar-refractivity contribution is 6.06. The Bertz CT molecular complexity index is 1030. The summed E-state index contributed by atoms with van der Waals surface area (Å²) in [6.45, 7) is 4.23. The van der Waals surface area contributed by atoms with E-state index in [-0.39, 0.29) is 5.91 Å². The summed E-state index contributed by atoms with van der Waals surface area (Å²) < 4.78 is 0. The fourth-order valence-corrected chi connectivity index (χ4v) is 4.09. The van der Waals surface area contributed by atoms with Crippen molar-refractivity contribution in [3.05, 3.63) is 65.7 Å². The van der Waals surface area contributed by atoms with Crippen LogP contribution in [-0.2, 0) is 0 Å². The molecule has 0 spiro atoms. The molecule has 0 saturated carbocycles. The molecular formula is C23H27N5O. The third-order valence-corrected chi connectivity index (χ3v) is 5.70. The van der Waals surface area contributed by atoms with Gasteiger partial charge in [-0.05, 0) is 49.6 Å². The smallest absolute Gasteiger partial charge is 0.254 e. The highest BCUT2D eigenvalue weighted by Crippen LogP contribution is 2.29. The van der Waals surface area contributed by atoms with Gasteiger partial charge in [0.2, 0.25) is 0 Å². The second kappa shape index (κ2) is 8.52. The van der Waals surface area contributed by atoms with E-state index >= 15 is 0 Å². The van der Waals surface area contributed by atoms with Gasteiger partial charge in [-0.1, -0.05) is 12.2 Å². The fourth-order valence-electron chi connectivity index (χ4n) is 4.09. The Morgan fingerprint density at radius 1 is 1.41 bits per heavy atom. The Morgan fingerprint density at radius 3 is 3.14 bits per heavy atom. The fraction of sp³-hybridized carbons (Fsp3) is 0.348. The zero-order valence-electron chi connectivity index (χ0n) is 16.9. The zero-order valence-corrected chi connectivity index (χ0v) is 16.9. The number of hydrogen-bond donors (Lipinski definition) is 3. The molecule has 2 atom stereocenters. The van der Waals surface area contributed by atoms with E-state index < -0.39 is 0 Å². The average Bonchev–Trinajstić information content (AvgIpc) is 3.06. The third-order valence-electron chi connectivity index (χ3n) is 5.70. The van der Waals surface area contributed by atoms with Crippen molar-refractivity contribution < 1.29 is 4.79 Å². The first-order valence-electron chi connectivity index (χ1n) is 10.1. The first-order valence-corrected chi connectivity index (χ1v) is 10.1. The number of piperidine rings is 1. The Balaban J connectivity index is 1.48. The van der Waals surface area contributed by atoms with Gasteiger partial charge in [-0.3, -0.25) is 9.69 Å². The molecule has 3 N–H and O–H groups in total. The molecule has 29 heavy (non-hydrogen) atoms. The number of carbonyl (C=O) groups excluding carboxylic acids is 1. The van der Waals surface area contributed by atoms with Gasteiger partial charge in [0, 0.05) is 50.0 Å². The summed E-state index contributed by atoms with van der Waals surface area (Å²) in [6.07, 6.45) is 15.8. The van der Waals surface area contributed by atoms with Crippen molar-refractivity contribution in [3.8, 4) is 0 Å². The van der Waals surface area contributed by atoms with Crippen LogP contribution in [-0.4, -0.2) is 53.0 Å². The number of anilines is 1. The van der Waals surface area contributed by atoms with Gasteiger partial charge >= 0.3 is 0 Å². The average molecular weight is 390 g/mol. The van der Waals surface area contributed by atoms with Gasteiger partial charge in [-0.2, -0.15) is 0 Å². The van der Waals surface area contributed by atoms with Crippen molar-refractivity contribution in [1.29, 1.82) is 0 Å². The number of rotatable bonds is 5. The largest absolute Gasteiger partial charge is 0.381 e. The quantitative estimate of drug-likeness (QED) is 0.686. The molecule has 1 aliphatic carbocycles. The van der Waals surface area contributed by atoms with Crippen LogP contribution in [0.2, 0.25) is 0 Å². The number of carbonyl (C=O) groups is 1. The minimum Gasteiger partial charge on any atom is -0.381 e. The molecule has 150 valence electrons. The van der Waals surface area contributed by atoms with Crippen molar-refractivity contribution >= 4 is 22.6 Å². The van der Waals surface area contributed by atoms with E-state index in [2.05, 4.69) is 50.3 Å². The number of pyridine rings is 1. The van der Waals surface area contributed by atoms with Gasteiger partial charge in [0.25, 0.3) is 5.91 Å². The predicted octanol–water partition coefficient (Wildman–Crippen LogP) is 3.39. The van der Waals surface area contributed by atoms with Crippen molar-refractivity contribution in [2.45, 2.75) is 31.8 Å². The van der Waals surface area contributed by atoms with Gasteiger partial charge in [0.1, 0.15) is 5.65 Å². The zero-order chi connectivity index (χ0) is 20.2. The number of allylic oxidation sites excluding steroid dienone is 3. The van der Waals surface area contributed by atoms with Gasteiger partial charge in [-0.15, -0.1) is 5.73 Å². The Hall–Kier alpha value is -3.08. The summed E-state index contributed by atoms with van der Waals surface area (Å²) in [4.78, 5) is 22.4. The summed E-state index contributed by atoms with van der Waals surface area (Å²) in [5.41, 5.74) is 6.65. The van der Waals surface area contributed by atoms with E-state index in [1.807, 2.05) is 30.5 Å². The van der Waals surface area contributed by atoms with Crippen LogP contribution in [0.4, 0.5) is 5.69 Å². The molecule has 0 aromatic carbocycles. The monoisotopic (exact) mass is 389 g/mol. The molecule has 2 unspecified atom stereocenters. The van der Waals surface area contributed by atoms with Crippen LogP contribution in [0.25, 0.3) is 11.0 Å². The Morgan fingerprint density at radius 2 is 2.31 bits per heavy atom. The van der Waals surface area contributed by atoms with E-state index in [1.54, 1.807) is 13.2 Å². The maximum atomic E-state index is 12.4. The lowest BCUT2D eigenvalue weighted by molar-refractivity contribution is 0.0963. The van der Waals surface area contributed by atoms with Gasteiger partial charge in [0.15, 0.2) is 0 Å². The van der Waals surface area contributed by atoms with E-state index in [0.717, 1.165) is 42.7 Å². The number of nitrogens with zero attached hydrogens (tertiary/aromatic N) is 2. The van der Waals surface area contributed by atoms with Crippen LogP contribution in [0, 0.1) is 0 Å². The van der Waals surface area contributed by atoms with Crippen LogP contribution in [0.1, 0.15) is 30.1 Å². The van der Waals surface area contributed by atoms with Gasteiger partial charge < -0.3 is 15.6 Å². The standard InChI is InChI=1S/C23H27N5O/c1-16-13-18(10-12-28(16)15-17-7-5-3-4-6-8-17)27-21-19-9-11-25-22(19)26-14-20(21)23(29)24-2/h3,5-9,11,14,16,18H,10,12-13,15H2,1-2H3,(H,24,29)(H2,25,26,27). The van der Waals surface area contributed by atoms with E-state index in [0.29, 0.717) is 17.6 Å². The van der Waals surface area contributed by atoms with Crippen molar-refractivity contribution in [3.63, 3.8) is 0 Å².